The van der Waals surface area contributed by atoms with Crippen molar-refractivity contribution in [3.8, 4) is 5.75 Å². The Morgan fingerprint density at radius 1 is 1.57 bits per heavy atom. The third-order valence-electron chi connectivity index (χ3n) is 1.76. The average molecular weight is 226 g/mol. The van der Waals surface area contributed by atoms with E-state index in [4.69, 9.17) is 9.88 Å². The summed E-state index contributed by atoms with van der Waals surface area (Å²) in [7, 11) is 0. The van der Waals surface area contributed by atoms with E-state index in [1.54, 1.807) is 11.3 Å². The zero-order valence-corrected chi connectivity index (χ0v) is 9.32. The number of fused-ring (bicyclic) bond motifs is 1. The zero-order chi connectivity index (χ0) is 9.97. The van der Waals surface area contributed by atoms with E-state index in [0.29, 0.717) is 6.61 Å². The first kappa shape index (κ1) is 9.76. The van der Waals surface area contributed by atoms with Crippen LogP contribution in [-0.4, -0.2) is 11.6 Å². The summed E-state index contributed by atoms with van der Waals surface area (Å²) in [6.45, 7) is 2.62. The normalized spacial score (nSPS) is 10.7. The lowest BCUT2D eigenvalue weighted by Crippen LogP contribution is -1.91. The van der Waals surface area contributed by atoms with Gasteiger partial charge < -0.3 is 4.74 Å². The molecular weight excluding hydrogens is 216 g/mol. The molecule has 14 heavy (non-hydrogen) atoms. The van der Waals surface area contributed by atoms with Crippen LogP contribution in [0, 0.1) is 0 Å². The number of ether oxygens (including phenoxy) is 1. The molecule has 0 saturated heterocycles. The van der Waals surface area contributed by atoms with Gasteiger partial charge in [0.05, 0.1) is 11.3 Å². The fourth-order valence-corrected chi connectivity index (χ4v) is 2.55. The summed E-state index contributed by atoms with van der Waals surface area (Å²) < 4.78 is 7.45. The monoisotopic (exact) mass is 226 g/mol. The Balaban J connectivity index is 2.55. The van der Waals surface area contributed by atoms with Crippen molar-refractivity contribution >= 4 is 33.5 Å². The van der Waals surface area contributed by atoms with E-state index in [1.165, 1.54) is 11.9 Å². The molecule has 0 aliphatic carbocycles. The van der Waals surface area contributed by atoms with Gasteiger partial charge in [0.25, 0.3) is 0 Å². The maximum Gasteiger partial charge on any atom is 0.166 e. The first-order valence-electron chi connectivity index (χ1n) is 4.24. The molecule has 0 bridgehead atoms. The lowest BCUT2D eigenvalue weighted by molar-refractivity contribution is 0.343. The van der Waals surface area contributed by atoms with Crippen molar-refractivity contribution < 1.29 is 4.74 Å². The molecule has 0 unspecified atom stereocenters. The Morgan fingerprint density at radius 3 is 3.14 bits per heavy atom. The number of hydrogen-bond acceptors (Lipinski definition) is 5. The summed E-state index contributed by atoms with van der Waals surface area (Å²) in [5.74, 6) is 0.835. The molecule has 0 fully saturated rings. The van der Waals surface area contributed by atoms with Crippen molar-refractivity contribution in [3.05, 3.63) is 18.2 Å². The second kappa shape index (κ2) is 4.16. The summed E-state index contributed by atoms with van der Waals surface area (Å²) in [6.07, 6.45) is 0. The van der Waals surface area contributed by atoms with Crippen LogP contribution in [0.5, 0.6) is 5.75 Å². The molecule has 0 spiro atoms. The number of rotatable bonds is 3. The molecular formula is C9H10N2OS2. The molecule has 0 aliphatic heterocycles. The molecule has 0 atom stereocenters. The second-order valence-corrected chi connectivity index (χ2v) is 4.54. The number of nitrogens with two attached hydrogens (primary N) is 1. The minimum atomic E-state index is 0.655. The number of para-hydroxylation sites is 1. The summed E-state index contributed by atoms with van der Waals surface area (Å²) in [5, 5.41) is 5.46. The Morgan fingerprint density at radius 2 is 2.43 bits per heavy atom. The van der Waals surface area contributed by atoms with Crippen LogP contribution in [0.2, 0.25) is 0 Å². The molecule has 1 aromatic heterocycles. The van der Waals surface area contributed by atoms with Crippen LogP contribution in [0.1, 0.15) is 6.92 Å². The number of thiazole rings is 1. The lowest BCUT2D eigenvalue weighted by Gasteiger charge is -2.01. The topological polar surface area (TPSA) is 48.1 Å². The van der Waals surface area contributed by atoms with Gasteiger partial charge in [0, 0.05) is 0 Å². The second-order valence-electron chi connectivity index (χ2n) is 2.63. The van der Waals surface area contributed by atoms with Gasteiger partial charge in [0.15, 0.2) is 4.34 Å². The lowest BCUT2D eigenvalue weighted by atomic mass is 10.3. The van der Waals surface area contributed by atoms with Crippen LogP contribution < -0.4 is 9.88 Å². The average Bonchev–Trinajstić information content (AvgIpc) is 2.62. The molecule has 5 heteroatoms. The molecule has 74 valence electrons. The van der Waals surface area contributed by atoms with E-state index in [9.17, 15) is 0 Å². The highest BCUT2D eigenvalue weighted by atomic mass is 32.2. The van der Waals surface area contributed by atoms with Gasteiger partial charge in [0.2, 0.25) is 0 Å². The maximum atomic E-state index is 5.47. The molecule has 1 aromatic carbocycles. The number of nitrogens with zero attached hydrogens (tertiary/aromatic N) is 1. The van der Waals surface area contributed by atoms with Gasteiger partial charge >= 0.3 is 0 Å². The van der Waals surface area contributed by atoms with E-state index in [0.717, 1.165) is 20.3 Å². The van der Waals surface area contributed by atoms with Gasteiger partial charge in [-0.15, -0.1) is 11.3 Å². The van der Waals surface area contributed by atoms with Gasteiger partial charge in [-0.25, -0.2) is 4.98 Å². The maximum absolute atomic E-state index is 5.47. The summed E-state index contributed by atoms with van der Waals surface area (Å²) in [5.41, 5.74) is 0.910. The predicted molar refractivity (Wildman–Crippen MR) is 60.8 cm³/mol. The molecule has 1 heterocycles. The smallest absolute Gasteiger partial charge is 0.166 e. The number of benzene rings is 1. The first-order valence-corrected chi connectivity index (χ1v) is 5.94. The highest BCUT2D eigenvalue weighted by Crippen LogP contribution is 2.32. The van der Waals surface area contributed by atoms with Gasteiger partial charge in [-0.1, -0.05) is 6.07 Å². The van der Waals surface area contributed by atoms with E-state index in [-0.39, 0.29) is 0 Å². The van der Waals surface area contributed by atoms with E-state index in [1.807, 2.05) is 25.1 Å². The van der Waals surface area contributed by atoms with Crippen molar-refractivity contribution in [2.75, 3.05) is 6.61 Å². The Kier molecular flexibility index (Phi) is 2.90. The van der Waals surface area contributed by atoms with Crippen LogP contribution in [-0.2, 0) is 0 Å². The van der Waals surface area contributed by atoms with E-state index in [2.05, 4.69) is 4.98 Å². The molecule has 0 aliphatic rings. The fraction of sp³-hybridized carbons (Fsp3) is 0.222. The first-order chi connectivity index (χ1) is 6.85. The summed E-state index contributed by atoms with van der Waals surface area (Å²) in [4.78, 5) is 4.38. The zero-order valence-electron chi connectivity index (χ0n) is 7.69. The van der Waals surface area contributed by atoms with Gasteiger partial charge in [0.1, 0.15) is 11.3 Å². The highest BCUT2D eigenvalue weighted by Gasteiger charge is 2.07. The van der Waals surface area contributed by atoms with Gasteiger partial charge in [-0.2, -0.15) is 0 Å². The fourth-order valence-electron chi connectivity index (χ4n) is 1.23. The van der Waals surface area contributed by atoms with Crippen molar-refractivity contribution in [1.29, 1.82) is 0 Å². The predicted octanol–water partition coefficient (Wildman–Crippen LogP) is 2.66. The molecule has 0 amide bonds. The Bertz CT molecular complexity index is 441. The van der Waals surface area contributed by atoms with Crippen LogP contribution in [0.25, 0.3) is 10.2 Å². The van der Waals surface area contributed by atoms with Gasteiger partial charge in [-0.3, -0.25) is 5.14 Å². The van der Waals surface area contributed by atoms with Crippen LogP contribution in [0.3, 0.4) is 0 Å². The quantitative estimate of drug-likeness (QED) is 0.817. The molecule has 3 nitrogen and oxygen atoms in total. The van der Waals surface area contributed by atoms with E-state index < -0.39 is 0 Å². The SMILES string of the molecule is CCOc1cccc2sc(SN)nc12. The van der Waals surface area contributed by atoms with Crippen molar-refractivity contribution in [2.24, 2.45) is 5.14 Å². The van der Waals surface area contributed by atoms with Crippen LogP contribution in [0.4, 0.5) is 0 Å². The van der Waals surface area contributed by atoms with E-state index >= 15 is 0 Å². The number of hydrogen-bond donors (Lipinski definition) is 1. The highest BCUT2D eigenvalue weighted by molar-refractivity contribution is 7.99. The minimum Gasteiger partial charge on any atom is -0.492 e. The molecule has 2 N–H and O–H groups in total. The third kappa shape index (κ3) is 1.70. The molecule has 2 rings (SSSR count). The largest absolute Gasteiger partial charge is 0.492 e. The minimum absolute atomic E-state index is 0.655. The third-order valence-corrected chi connectivity index (χ3v) is 3.41. The Labute approximate surface area is 90.4 Å². The summed E-state index contributed by atoms with van der Waals surface area (Å²) >= 11 is 2.76. The van der Waals surface area contributed by atoms with Crippen LogP contribution in [0.15, 0.2) is 22.5 Å². The summed E-state index contributed by atoms with van der Waals surface area (Å²) in [6, 6.07) is 5.92. The van der Waals surface area contributed by atoms with Crippen molar-refractivity contribution in [3.63, 3.8) is 0 Å². The van der Waals surface area contributed by atoms with Crippen LogP contribution >= 0.6 is 23.3 Å². The Hall–Kier alpha value is -0.780. The van der Waals surface area contributed by atoms with Crippen molar-refractivity contribution in [1.82, 2.24) is 4.98 Å². The molecule has 0 saturated carbocycles. The molecule has 0 radical (unpaired) electrons. The molecule has 2 aromatic rings. The number of aromatic nitrogens is 1. The van der Waals surface area contributed by atoms with Crippen molar-refractivity contribution in [2.45, 2.75) is 11.3 Å². The van der Waals surface area contributed by atoms with Gasteiger partial charge in [-0.05, 0) is 31.0 Å². The standard InChI is InChI=1S/C9H10N2OS2/c1-2-12-6-4-3-5-7-8(6)11-9(13-7)14-10/h3-5H,2,10H2,1H3.